The molecule has 3 nitrogen and oxygen atoms in total. The van der Waals surface area contributed by atoms with E-state index in [1.807, 2.05) is 32.3 Å². The number of phenolic OH excluding ortho intramolecular Hbond substituents is 1. The van der Waals surface area contributed by atoms with Gasteiger partial charge in [0.2, 0.25) is 0 Å². The van der Waals surface area contributed by atoms with Crippen LogP contribution in [-0.2, 0) is 0 Å². The van der Waals surface area contributed by atoms with Crippen LogP contribution in [0.1, 0.15) is 18.5 Å². The van der Waals surface area contributed by atoms with Crippen molar-refractivity contribution in [2.45, 2.75) is 13.0 Å². The Hall–Kier alpha value is -2.16. The molecule has 0 radical (unpaired) electrons. The highest BCUT2D eigenvalue weighted by Gasteiger charge is 2.06. The van der Waals surface area contributed by atoms with Crippen LogP contribution in [0.2, 0.25) is 0 Å². The van der Waals surface area contributed by atoms with Gasteiger partial charge in [-0.05, 0) is 42.8 Å². The van der Waals surface area contributed by atoms with E-state index >= 15 is 0 Å². The van der Waals surface area contributed by atoms with Gasteiger partial charge in [-0.3, -0.25) is 0 Å². The Morgan fingerprint density at radius 1 is 1.05 bits per heavy atom. The lowest BCUT2D eigenvalue weighted by Gasteiger charge is -2.18. The normalized spacial score (nSPS) is 11.9. The molecule has 0 aliphatic heterocycles. The molecule has 2 N–H and O–H groups in total. The Kier molecular flexibility index (Phi) is 3.95. The first-order valence-electron chi connectivity index (χ1n) is 6.39. The predicted octanol–water partition coefficient (Wildman–Crippen LogP) is 3.63. The molecule has 0 aromatic heterocycles. The Balaban J connectivity index is 2.12. The van der Waals surface area contributed by atoms with Crippen molar-refractivity contribution in [3.63, 3.8) is 0 Å². The van der Waals surface area contributed by atoms with Crippen molar-refractivity contribution in [2.75, 3.05) is 24.3 Å². The lowest BCUT2D eigenvalue weighted by molar-refractivity contribution is 0.475. The number of benzene rings is 2. The quantitative estimate of drug-likeness (QED) is 0.876. The number of hydrogen-bond donors (Lipinski definition) is 2. The fourth-order valence-electron chi connectivity index (χ4n) is 1.97. The maximum Gasteiger partial charge on any atom is 0.115 e. The average Bonchev–Trinajstić information content (AvgIpc) is 2.39. The third-order valence-electron chi connectivity index (χ3n) is 3.14. The summed E-state index contributed by atoms with van der Waals surface area (Å²) < 4.78 is 0. The molecular weight excluding hydrogens is 236 g/mol. The van der Waals surface area contributed by atoms with E-state index in [-0.39, 0.29) is 6.04 Å². The van der Waals surface area contributed by atoms with Crippen LogP contribution in [0.25, 0.3) is 0 Å². The number of aromatic hydroxyl groups is 1. The lowest BCUT2D eigenvalue weighted by atomic mass is 10.1. The first-order valence-corrected chi connectivity index (χ1v) is 6.39. The SMILES string of the molecule is CC(Nc1cccc(N(C)C)c1)c1ccc(O)cc1. The molecule has 19 heavy (non-hydrogen) atoms. The van der Waals surface area contributed by atoms with Crippen molar-refractivity contribution >= 4 is 11.4 Å². The summed E-state index contributed by atoms with van der Waals surface area (Å²) in [4.78, 5) is 2.08. The molecule has 0 saturated carbocycles. The zero-order valence-electron chi connectivity index (χ0n) is 11.6. The third kappa shape index (κ3) is 3.41. The molecule has 0 spiro atoms. The molecule has 0 heterocycles. The molecule has 0 bridgehead atoms. The smallest absolute Gasteiger partial charge is 0.115 e. The standard InChI is InChI=1S/C16H20N2O/c1-12(13-7-9-16(19)10-8-13)17-14-5-4-6-15(11-14)18(2)3/h4-12,17,19H,1-3H3. The predicted molar refractivity (Wildman–Crippen MR) is 80.9 cm³/mol. The summed E-state index contributed by atoms with van der Waals surface area (Å²) in [6.07, 6.45) is 0. The van der Waals surface area contributed by atoms with Gasteiger partial charge >= 0.3 is 0 Å². The summed E-state index contributed by atoms with van der Waals surface area (Å²) in [6.45, 7) is 2.11. The zero-order chi connectivity index (χ0) is 13.8. The van der Waals surface area contributed by atoms with Gasteiger partial charge in [0, 0.05) is 31.5 Å². The minimum atomic E-state index is 0.193. The fraction of sp³-hybridized carbons (Fsp3) is 0.250. The summed E-state index contributed by atoms with van der Waals surface area (Å²) >= 11 is 0. The van der Waals surface area contributed by atoms with E-state index in [2.05, 4.69) is 35.3 Å². The zero-order valence-corrected chi connectivity index (χ0v) is 11.6. The van der Waals surface area contributed by atoms with Crippen molar-refractivity contribution in [3.05, 3.63) is 54.1 Å². The Labute approximate surface area is 114 Å². The largest absolute Gasteiger partial charge is 0.508 e. The molecule has 3 heteroatoms. The number of anilines is 2. The summed E-state index contributed by atoms with van der Waals surface area (Å²) in [7, 11) is 4.06. The van der Waals surface area contributed by atoms with Crippen molar-refractivity contribution in [3.8, 4) is 5.75 Å². The van der Waals surface area contributed by atoms with Crippen molar-refractivity contribution in [2.24, 2.45) is 0 Å². The van der Waals surface area contributed by atoms with E-state index in [1.165, 1.54) is 5.69 Å². The number of nitrogens with one attached hydrogen (secondary N) is 1. The van der Waals surface area contributed by atoms with E-state index in [4.69, 9.17) is 0 Å². The van der Waals surface area contributed by atoms with Crippen LogP contribution in [0.3, 0.4) is 0 Å². The van der Waals surface area contributed by atoms with Crippen LogP contribution in [0, 0.1) is 0 Å². The molecule has 2 rings (SSSR count). The van der Waals surface area contributed by atoms with Gasteiger partial charge in [-0.15, -0.1) is 0 Å². The molecule has 2 aromatic rings. The third-order valence-corrected chi connectivity index (χ3v) is 3.14. The minimum absolute atomic E-state index is 0.193. The van der Waals surface area contributed by atoms with Gasteiger partial charge in [0.25, 0.3) is 0 Å². The van der Waals surface area contributed by atoms with Crippen LogP contribution < -0.4 is 10.2 Å². The molecular formula is C16H20N2O. The highest BCUT2D eigenvalue weighted by Crippen LogP contribution is 2.23. The highest BCUT2D eigenvalue weighted by atomic mass is 16.3. The summed E-state index contributed by atoms with van der Waals surface area (Å²) in [6, 6.07) is 15.8. The fourth-order valence-corrected chi connectivity index (χ4v) is 1.97. The summed E-state index contributed by atoms with van der Waals surface area (Å²) in [5.41, 5.74) is 3.41. The van der Waals surface area contributed by atoms with Gasteiger partial charge in [0.15, 0.2) is 0 Å². The second-order valence-electron chi connectivity index (χ2n) is 4.90. The van der Waals surface area contributed by atoms with E-state index in [9.17, 15) is 5.11 Å². The van der Waals surface area contributed by atoms with Crippen molar-refractivity contribution in [1.82, 2.24) is 0 Å². The van der Waals surface area contributed by atoms with Crippen LogP contribution in [-0.4, -0.2) is 19.2 Å². The Bertz CT molecular complexity index is 535. The maximum absolute atomic E-state index is 9.30. The molecule has 0 aliphatic rings. The highest BCUT2D eigenvalue weighted by molar-refractivity contribution is 5.58. The second kappa shape index (κ2) is 5.65. The van der Waals surface area contributed by atoms with E-state index in [0.717, 1.165) is 11.3 Å². The van der Waals surface area contributed by atoms with Gasteiger partial charge in [-0.1, -0.05) is 18.2 Å². The van der Waals surface area contributed by atoms with Gasteiger partial charge in [-0.25, -0.2) is 0 Å². The first kappa shape index (κ1) is 13.3. The monoisotopic (exact) mass is 256 g/mol. The molecule has 100 valence electrons. The topological polar surface area (TPSA) is 35.5 Å². The molecule has 1 unspecified atom stereocenters. The van der Waals surface area contributed by atoms with Crippen molar-refractivity contribution in [1.29, 1.82) is 0 Å². The minimum Gasteiger partial charge on any atom is -0.508 e. The lowest BCUT2D eigenvalue weighted by Crippen LogP contribution is -2.10. The molecule has 0 amide bonds. The molecule has 1 atom stereocenters. The van der Waals surface area contributed by atoms with Gasteiger partial charge in [0.1, 0.15) is 5.75 Å². The van der Waals surface area contributed by atoms with E-state index < -0.39 is 0 Å². The first-order chi connectivity index (χ1) is 9.06. The Morgan fingerprint density at radius 2 is 1.74 bits per heavy atom. The average molecular weight is 256 g/mol. The number of phenols is 1. The summed E-state index contributed by atoms with van der Waals surface area (Å²) in [5.74, 6) is 0.297. The van der Waals surface area contributed by atoms with Crippen molar-refractivity contribution < 1.29 is 5.11 Å². The van der Waals surface area contributed by atoms with E-state index in [0.29, 0.717) is 5.75 Å². The van der Waals surface area contributed by atoms with Crippen LogP contribution in [0.15, 0.2) is 48.5 Å². The van der Waals surface area contributed by atoms with Gasteiger partial charge < -0.3 is 15.3 Å². The Morgan fingerprint density at radius 3 is 2.37 bits per heavy atom. The molecule has 2 aromatic carbocycles. The number of nitrogens with zero attached hydrogens (tertiary/aromatic N) is 1. The molecule has 0 fully saturated rings. The van der Waals surface area contributed by atoms with Gasteiger partial charge in [-0.2, -0.15) is 0 Å². The summed E-state index contributed by atoms with van der Waals surface area (Å²) in [5, 5.41) is 12.8. The number of hydrogen-bond acceptors (Lipinski definition) is 3. The number of rotatable bonds is 4. The second-order valence-corrected chi connectivity index (χ2v) is 4.90. The van der Waals surface area contributed by atoms with Crippen LogP contribution in [0.5, 0.6) is 5.75 Å². The van der Waals surface area contributed by atoms with Crippen LogP contribution in [0.4, 0.5) is 11.4 Å². The van der Waals surface area contributed by atoms with Crippen LogP contribution >= 0.6 is 0 Å². The van der Waals surface area contributed by atoms with E-state index in [1.54, 1.807) is 12.1 Å². The maximum atomic E-state index is 9.30. The molecule has 0 saturated heterocycles. The molecule has 0 aliphatic carbocycles. The van der Waals surface area contributed by atoms with Gasteiger partial charge in [0.05, 0.1) is 0 Å².